The van der Waals surface area contributed by atoms with Crippen molar-refractivity contribution < 1.29 is 0 Å². The van der Waals surface area contributed by atoms with Gasteiger partial charge in [0.1, 0.15) is 0 Å². The number of rotatable bonds is 1. The Morgan fingerprint density at radius 3 is 2.18 bits per heavy atom. The van der Waals surface area contributed by atoms with E-state index in [0.29, 0.717) is 0 Å². The summed E-state index contributed by atoms with van der Waals surface area (Å²) >= 11 is 3.73. The summed E-state index contributed by atoms with van der Waals surface area (Å²) < 4.78 is 4.12. The van der Waals surface area contributed by atoms with Crippen LogP contribution in [0.15, 0.2) is 72.1 Å². The summed E-state index contributed by atoms with van der Waals surface area (Å²) in [6.07, 6.45) is 0. The first-order valence-electron chi connectivity index (χ1n) is 7.29. The zero-order valence-corrected chi connectivity index (χ0v) is 13.4. The number of hydrogen-bond donors (Lipinski definition) is 0. The van der Waals surface area contributed by atoms with Crippen LogP contribution in [0.4, 0.5) is 0 Å². The summed E-state index contributed by atoms with van der Waals surface area (Å²) in [6.45, 7) is 0. The molecule has 2 aromatic heterocycles. The molecule has 0 saturated carbocycles. The molecule has 0 N–H and O–H groups in total. The van der Waals surface area contributed by atoms with Crippen LogP contribution in [-0.2, 0) is 0 Å². The molecule has 0 aliphatic rings. The fourth-order valence-corrected chi connectivity index (χ4v) is 5.34. The molecule has 0 atom stereocenters. The van der Waals surface area contributed by atoms with Gasteiger partial charge in [-0.25, -0.2) is 0 Å². The Bertz CT molecular complexity index is 1130. The second-order valence-electron chi connectivity index (χ2n) is 5.43. The van der Waals surface area contributed by atoms with Crippen molar-refractivity contribution in [1.29, 1.82) is 0 Å². The first-order chi connectivity index (χ1) is 10.9. The Morgan fingerprint density at radius 2 is 1.27 bits per heavy atom. The van der Waals surface area contributed by atoms with Crippen LogP contribution in [0, 0.1) is 0 Å². The van der Waals surface area contributed by atoms with E-state index in [2.05, 4.69) is 72.1 Å². The van der Waals surface area contributed by atoms with Crippen molar-refractivity contribution in [3.05, 3.63) is 72.1 Å². The zero-order chi connectivity index (χ0) is 14.5. The van der Waals surface area contributed by atoms with Crippen LogP contribution in [0.2, 0.25) is 0 Å². The lowest BCUT2D eigenvalue weighted by Crippen LogP contribution is -1.76. The first-order valence-corrected chi connectivity index (χ1v) is 8.98. The summed E-state index contributed by atoms with van der Waals surface area (Å²) in [7, 11) is 0. The van der Waals surface area contributed by atoms with Gasteiger partial charge in [0.2, 0.25) is 0 Å². The first kappa shape index (κ1) is 12.4. The molecule has 5 rings (SSSR count). The highest BCUT2D eigenvalue weighted by molar-refractivity contribution is 7.26. The topological polar surface area (TPSA) is 0 Å². The SMILES string of the molecule is c1ccc2c(-c3cccc4c3sc3ccccc34)csc2c1. The lowest BCUT2D eigenvalue weighted by atomic mass is 10.0. The van der Waals surface area contributed by atoms with Gasteiger partial charge >= 0.3 is 0 Å². The number of fused-ring (bicyclic) bond motifs is 4. The molecular weight excluding hydrogens is 304 g/mol. The lowest BCUT2D eigenvalue weighted by Gasteiger charge is -2.02. The predicted molar refractivity (Wildman–Crippen MR) is 100 cm³/mol. The molecular formula is C20H12S2. The summed E-state index contributed by atoms with van der Waals surface area (Å²) in [5, 5.41) is 6.39. The van der Waals surface area contributed by atoms with Gasteiger partial charge in [0.15, 0.2) is 0 Å². The minimum absolute atomic E-state index is 1.36. The molecule has 3 aromatic carbocycles. The van der Waals surface area contributed by atoms with Gasteiger partial charge in [-0.05, 0) is 17.5 Å². The van der Waals surface area contributed by atoms with Crippen LogP contribution in [0.5, 0.6) is 0 Å². The van der Waals surface area contributed by atoms with Crippen molar-refractivity contribution in [3.8, 4) is 11.1 Å². The maximum atomic E-state index is 2.30. The van der Waals surface area contributed by atoms with Gasteiger partial charge in [-0.3, -0.25) is 0 Å². The lowest BCUT2D eigenvalue weighted by molar-refractivity contribution is 1.79. The van der Waals surface area contributed by atoms with E-state index in [-0.39, 0.29) is 0 Å². The van der Waals surface area contributed by atoms with Gasteiger partial charge in [-0.2, -0.15) is 0 Å². The molecule has 2 heterocycles. The van der Waals surface area contributed by atoms with Crippen LogP contribution >= 0.6 is 22.7 Å². The van der Waals surface area contributed by atoms with Gasteiger partial charge in [-0.15, -0.1) is 22.7 Å². The molecule has 2 heteroatoms. The highest BCUT2D eigenvalue weighted by Crippen LogP contribution is 2.42. The molecule has 0 fully saturated rings. The van der Waals surface area contributed by atoms with E-state index in [1.54, 1.807) is 0 Å². The minimum atomic E-state index is 1.36. The molecule has 0 nitrogen and oxygen atoms in total. The Hall–Kier alpha value is -2.16. The van der Waals surface area contributed by atoms with Gasteiger partial charge in [-0.1, -0.05) is 54.6 Å². The van der Waals surface area contributed by atoms with Crippen LogP contribution in [0.1, 0.15) is 0 Å². The molecule has 0 saturated heterocycles. The third-order valence-electron chi connectivity index (χ3n) is 4.18. The van der Waals surface area contributed by atoms with Crippen LogP contribution in [0.25, 0.3) is 41.4 Å². The van der Waals surface area contributed by atoms with Gasteiger partial charge in [0.05, 0.1) is 0 Å². The third kappa shape index (κ3) is 1.68. The molecule has 0 aliphatic carbocycles. The summed E-state index contributed by atoms with van der Waals surface area (Å²) in [5.74, 6) is 0. The Kier molecular flexibility index (Phi) is 2.63. The highest BCUT2D eigenvalue weighted by atomic mass is 32.1. The second kappa shape index (κ2) is 4.67. The number of hydrogen-bond acceptors (Lipinski definition) is 2. The fraction of sp³-hybridized carbons (Fsp3) is 0. The third-order valence-corrected chi connectivity index (χ3v) is 6.36. The fourth-order valence-electron chi connectivity index (χ4n) is 3.15. The average Bonchev–Trinajstić information content (AvgIpc) is 3.16. The van der Waals surface area contributed by atoms with Crippen LogP contribution < -0.4 is 0 Å². The molecule has 0 bridgehead atoms. The Balaban J connectivity index is 1.92. The molecule has 0 spiro atoms. The second-order valence-corrected chi connectivity index (χ2v) is 7.39. The van der Waals surface area contributed by atoms with E-state index in [1.165, 1.54) is 41.4 Å². The smallest absolute Gasteiger partial charge is 0.0434 e. The van der Waals surface area contributed by atoms with Crippen molar-refractivity contribution in [2.24, 2.45) is 0 Å². The summed E-state index contributed by atoms with van der Waals surface area (Å²) in [5.41, 5.74) is 2.72. The van der Waals surface area contributed by atoms with E-state index in [1.807, 2.05) is 22.7 Å². The summed E-state index contributed by atoms with van der Waals surface area (Å²) in [4.78, 5) is 0. The minimum Gasteiger partial charge on any atom is -0.143 e. The van der Waals surface area contributed by atoms with Gasteiger partial charge in [0, 0.05) is 41.4 Å². The van der Waals surface area contributed by atoms with E-state index < -0.39 is 0 Å². The quantitative estimate of drug-likeness (QED) is 0.314. The van der Waals surface area contributed by atoms with Crippen LogP contribution in [0.3, 0.4) is 0 Å². The standard InChI is InChI=1S/C20H12S2/c1-3-10-18-14(7-1)17(12-21-18)16-9-5-8-15-13-6-2-4-11-19(13)22-20(15)16/h1-12H. The molecule has 0 aliphatic heterocycles. The van der Waals surface area contributed by atoms with E-state index in [9.17, 15) is 0 Å². The Morgan fingerprint density at radius 1 is 0.545 bits per heavy atom. The van der Waals surface area contributed by atoms with Crippen molar-refractivity contribution in [2.45, 2.75) is 0 Å². The molecule has 0 unspecified atom stereocenters. The molecule has 0 amide bonds. The maximum Gasteiger partial charge on any atom is 0.0434 e. The predicted octanol–water partition coefficient (Wildman–Crippen LogP) is 6.94. The van der Waals surface area contributed by atoms with Crippen molar-refractivity contribution in [1.82, 2.24) is 0 Å². The average molecular weight is 316 g/mol. The zero-order valence-electron chi connectivity index (χ0n) is 11.7. The van der Waals surface area contributed by atoms with Gasteiger partial charge < -0.3 is 0 Å². The summed E-state index contributed by atoms with van der Waals surface area (Å²) in [6, 6.07) is 24.0. The molecule has 104 valence electrons. The molecule has 5 aromatic rings. The van der Waals surface area contributed by atoms with Crippen molar-refractivity contribution in [2.75, 3.05) is 0 Å². The van der Waals surface area contributed by atoms with E-state index in [4.69, 9.17) is 0 Å². The van der Waals surface area contributed by atoms with Crippen molar-refractivity contribution in [3.63, 3.8) is 0 Å². The van der Waals surface area contributed by atoms with Gasteiger partial charge in [0.25, 0.3) is 0 Å². The number of benzene rings is 3. The largest absolute Gasteiger partial charge is 0.143 e. The monoisotopic (exact) mass is 316 g/mol. The highest BCUT2D eigenvalue weighted by Gasteiger charge is 2.12. The normalized spacial score (nSPS) is 11.6. The maximum absolute atomic E-state index is 2.30. The van der Waals surface area contributed by atoms with E-state index in [0.717, 1.165) is 0 Å². The Labute approximate surface area is 136 Å². The molecule has 22 heavy (non-hydrogen) atoms. The molecule has 0 radical (unpaired) electrons. The number of thiophene rings is 2. The van der Waals surface area contributed by atoms with E-state index >= 15 is 0 Å². The van der Waals surface area contributed by atoms with Crippen LogP contribution in [-0.4, -0.2) is 0 Å². The van der Waals surface area contributed by atoms with Crippen molar-refractivity contribution >= 4 is 52.9 Å².